The minimum atomic E-state index is -0.355. The highest BCUT2D eigenvalue weighted by atomic mass is 79.9. The van der Waals surface area contributed by atoms with Crippen LogP contribution in [0.4, 0.5) is 0 Å². The van der Waals surface area contributed by atoms with Crippen LogP contribution in [-0.4, -0.2) is 22.5 Å². The van der Waals surface area contributed by atoms with Gasteiger partial charge in [-0.3, -0.25) is 0 Å². The Hall–Kier alpha value is -2.44. The standard InChI is InChI=1S/C20H15BrN2O2S/c1-25-20(24)15-5-6-18-22-19(14-3-2-4-16(21)10-14)17(23(18)11-15)9-13-7-8-26-12-13/h2-8,10-12H,9H2,1H3. The molecule has 4 aromatic rings. The number of rotatable bonds is 4. The van der Waals surface area contributed by atoms with Crippen molar-refractivity contribution in [3.05, 3.63) is 80.7 Å². The molecule has 0 amide bonds. The van der Waals surface area contributed by atoms with Crippen LogP contribution in [0.15, 0.2) is 63.9 Å². The second-order valence-corrected chi connectivity index (χ2v) is 7.56. The van der Waals surface area contributed by atoms with Gasteiger partial charge in [0.15, 0.2) is 0 Å². The van der Waals surface area contributed by atoms with Gasteiger partial charge in [-0.05, 0) is 46.7 Å². The number of carbonyl (C=O) groups excluding carboxylic acids is 1. The summed E-state index contributed by atoms with van der Waals surface area (Å²) < 4.78 is 7.85. The summed E-state index contributed by atoms with van der Waals surface area (Å²) in [7, 11) is 1.39. The van der Waals surface area contributed by atoms with Crippen LogP contribution in [0.1, 0.15) is 21.6 Å². The number of methoxy groups -OCH3 is 1. The number of aromatic nitrogens is 2. The lowest BCUT2D eigenvalue weighted by molar-refractivity contribution is 0.0600. The van der Waals surface area contributed by atoms with E-state index in [-0.39, 0.29) is 5.97 Å². The maximum atomic E-state index is 11.9. The number of pyridine rings is 1. The molecule has 0 saturated heterocycles. The number of thiophene rings is 1. The van der Waals surface area contributed by atoms with Crippen molar-refractivity contribution in [3.63, 3.8) is 0 Å². The van der Waals surface area contributed by atoms with Crippen LogP contribution in [-0.2, 0) is 11.2 Å². The number of hydrogen-bond acceptors (Lipinski definition) is 4. The minimum absolute atomic E-state index is 0.355. The molecule has 0 aliphatic carbocycles. The lowest BCUT2D eigenvalue weighted by atomic mass is 10.1. The van der Waals surface area contributed by atoms with Gasteiger partial charge in [-0.25, -0.2) is 9.78 Å². The minimum Gasteiger partial charge on any atom is -0.465 e. The van der Waals surface area contributed by atoms with Crippen molar-refractivity contribution < 1.29 is 9.53 Å². The first-order valence-electron chi connectivity index (χ1n) is 8.02. The maximum Gasteiger partial charge on any atom is 0.339 e. The van der Waals surface area contributed by atoms with E-state index in [1.807, 2.05) is 28.7 Å². The predicted molar refractivity (Wildman–Crippen MR) is 107 cm³/mol. The van der Waals surface area contributed by atoms with E-state index in [1.165, 1.54) is 12.7 Å². The third-order valence-electron chi connectivity index (χ3n) is 4.19. The van der Waals surface area contributed by atoms with Crippen LogP contribution in [0, 0.1) is 0 Å². The monoisotopic (exact) mass is 426 g/mol. The molecule has 4 nitrogen and oxygen atoms in total. The average molecular weight is 427 g/mol. The van der Waals surface area contributed by atoms with E-state index in [0.29, 0.717) is 5.56 Å². The fourth-order valence-corrected chi connectivity index (χ4v) is 4.02. The molecule has 0 aliphatic heterocycles. The van der Waals surface area contributed by atoms with Gasteiger partial charge >= 0.3 is 5.97 Å². The van der Waals surface area contributed by atoms with E-state index in [2.05, 4.69) is 38.8 Å². The Labute approximate surface area is 163 Å². The quantitative estimate of drug-likeness (QED) is 0.421. The fourth-order valence-electron chi connectivity index (χ4n) is 2.95. The van der Waals surface area contributed by atoms with E-state index in [1.54, 1.807) is 23.6 Å². The second-order valence-electron chi connectivity index (χ2n) is 5.86. The smallest absolute Gasteiger partial charge is 0.339 e. The van der Waals surface area contributed by atoms with Crippen molar-refractivity contribution in [2.45, 2.75) is 6.42 Å². The number of ether oxygens (including phenoxy) is 1. The zero-order valence-corrected chi connectivity index (χ0v) is 16.4. The van der Waals surface area contributed by atoms with Gasteiger partial charge in [0.25, 0.3) is 0 Å². The molecular formula is C20H15BrN2O2S. The molecule has 3 aromatic heterocycles. The zero-order valence-electron chi connectivity index (χ0n) is 14.0. The topological polar surface area (TPSA) is 43.6 Å². The average Bonchev–Trinajstić information content (AvgIpc) is 3.29. The highest BCUT2D eigenvalue weighted by molar-refractivity contribution is 9.10. The number of hydrogen-bond donors (Lipinski definition) is 0. The molecule has 3 heterocycles. The predicted octanol–water partition coefficient (Wildman–Crippen LogP) is 5.20. The van der Waals surface area contributed by atoms with Crippen LogP contribution < -0.4 is 0 Å². The molecule has 0 atom stereocenters. The van der Waals surface area contributed by atoms with Gasteiger partial charge in [0.05, 0.1) is 24.1 Å². The number of carbonyl (C=O) groups is 1. The van der Waals surface area contributed by atoms with E-state index >= 15 is 0 Å². The molecule has 0 saturated carbocycles. The Morgan fingerprint density at radius 3 is 2.88 bits per heavy atom. The van der Waals surface area contributed by atoms with Crippen LogP contribution in [0.2, 0.25) is 0 Å². The Kier molecular flexibility index (Phi) is 4.61. The summed E-state index contributed by atoms with van der Waals surface area (Å²) in [5.74, 6) is -0.355. The van der Waals surface area contributed by atoms with E-state index in [4.69, 9.17) is 9.72 Å². The van der Waals surface area contributed by atoms with Crippen LogP contribution in [0.5, 0.6) is 0 Å². The molecule has 0 N–H and O–H groups in total. The summed E-state index contributed by atoms with van der Waals surface area (Å²) in [6.07, 6.45) is 2.54. The van der Waals surface area contributed by atoms with Gasteiger partial charge < -0.3 is 9.14 Å². The van der Waals surface area contributed by atoms with E-state index in [9.17, 15) is 4.79 Å². The molecule has 0 spiro atoms. The second kappa shape index (κ2) is 7.05. The van der Waals surface area contributed by atoms with Gasteiger partial charge in [-0.2, -0.15) is 11.3 Å². The normalized spacial score (nSPS) is 11.0. The molecule has 4 rings (SSSR count). The molecule has 6 heteroatoms. The molecule has 0 unspecified atom stereocenters. The zero-order chi connectivity index (χ0) is 18.1. The Bertz CT molecular complexity index is 1090. The third-order valence-corrected chi connectivity index (χ3v) is 5.41. The van der Waals surface area contributed by atoms with Crippen molar-refractivity contribution in [2.75, 3.05) is 7.11 Å². The van der Waals surface area contributed by atoms with Crippen molar-refractivity contribution in [3.8, 4) is 11.3 Å². The molecule has 130 valence electrons. The highest BCUT2D eigenvalue weighted by Gasteiger charge is 2.17. The van der Waals surface area contributed by atoms with Crippen LogP contribution in [0.3, 0.4) is 0 Å². The van der Waals surface area contributed by atoms with Gasteiger partial charge in [0.2, 0.25) is 0 Å². The molecule has 0 aliphatic rings. The van der Waals surface area contributed by atoms with E-state index < -0.39 is 0 Å². The number of fused-ring (bicyclic) bond motifs is 1. The molecule has 0 bridgehead atoms. The number of esters is 1. The Morgan fingerprint density at radius 1 is 1.27 bits per heavy atom. The van der Waals surface area contributed by atoms with Crippen LogP contribution >= 0.6 is 27.3 Å². The first kappa shape index (κ1) is 17.0. The summed E-state index contributed by atoms with van der Waals surface area (Å²) in [5, 5.41) is 4.20. The first-order valence-corrected chi connectivity index (χ1v) is 9.75. The molecule has 0 fully saturated rings. The summed E-state index contributed by atoms with van der Waals surface area (Å²) in [6, 6.07) is 13.8. The fraction of sp³-hybridized carbons (Fsp3) is 0.100. The van der Waals surface area contributed by atoms with Crippen molar-refractivity contribution in [1.29, 1.82) is 0 Å². The third kappa shape index (κ3) is 3.18. The number of benzene rings is 1. The highest BCUT2D eigenvalue weighted by Crippen LogP contribution is 2.29. The van der Waals surface area contributed by atoms with Crippen molar-refractivity contribution in [2.24, 2.45) is 0 Å². The first-order chi connectivity index (χ1) is 12.7. The maximum absolute atomic E-state index is 11.9. The van der Waals surface area contributed by atoms with Gasteiger partial charge in [0, 0.05) is 22.7 Å². The van der Waals surface area contributed by atoms with Crippen LogP contribution in [0.25, 0.3) is 16.9 Å². The Balaban J connectivity index is 1.93. The number of nitrogens with zero attached hydrogens (tertiary/aromatic N) is 2. The van der Waals surface area contributed by atoms with Gasteiger partial charge in [0.1, 0.15) is 5.65 Å². The van der Waals surface area contributed by atoms with Crippen molar-refractivity contribution >= 4 is 38.9 Å². The summed E-state index contributed by atoms with van der Waals surface area (Å²) in [6.45, 7) is 0. The van der Waals surface area contributed by atoms with Crippen molar-refractivity contribution in [1.82, 2.24) is 9.38 Å². The largest absolute Gasteiger partial charge is 0.465 e. The summed E-state index contributed by atoms with van der Waals surface area (Å²) in [4.78, 5) is 16.8. The lowest BCUT2D eigenvalue weighted by Gasteiger charge is -2.06. The van der Waals surface area contributed by atoms with Gasteiger partial charge in [-0.1, -0.05) is 28.1 Å². The summed E-state index contributed by atoms with van der Waals surface area (Å²) in [5.41, 5.74) is 5.52. The lowest BCUT2D eigenvalue weighted by Crippen LogP contribution is -2.04. The van der Waals surface area contributed by atoms with E-state index in [0.717, 1.165) is 33.5 Å². The SMILES string of the molecule is COC(=O)c1ccc2nc(-c3cccc(Br)c3)c(Cc3ccsc3)n2c1. The molecular weight excluding hydrogens is 412 g/mol. The van der Waals surface area contributed by atoms with Gasteiger partial charge in [-0.15, -0.1) is 0 Å². The number of imidazole rings is 1. The molecule has 26 heavy (non-hydrogen) atoms. The Morgan fingerprint density at radius 2 is 2.15 bits per heavy atom. The molecule has 1 aromatic carbocycles. The summed E-state index contributed by atoms with van der Waals surface area (Å²) >= 11 is 5.21. The molecule has 0 radical (unpaired) electrons. The number of halogens is 1.